The van der Waals surface area contributed by atoms with Crippen LogP contribution in [0.4, 0.5) is 0 Å². The highest BCUT2D eigenvalue weighted by atomic mass is 16.3. The molecule has 0 amide bonds. The first-order valence-corrected chi connectivity index (χ1v) is 3.86. The Morgan fingerprint density at radius 2 is 2.00 bits per heavy atom. The van der Waals surface area contributed by atoms with Crippen molar-refractivity contribution >= 4 is 0 Å². The lowest BCUT2D eigenvalue weighted by atomic mass is 10.0. The summed E-state index contributed by atoms with van der Waals surface area (Å²) in [4.78, 5) is 0. The standard InChI is InChI=1S/C8H16O/c1-4-5(2)7-6(3)8(7)9/h5-9H,4H2,1-3H3. The smallest absolute Gasteiger partial charge is 0.0603 e. The van der Waals surface area contributed by atoms with E-state index in [2.05, 4.69) is 20.8 Å². The second kappa shape index (κ2) is 2.30. The minimum Gasteiger partial charge on any atom is -0.393 e. The van der Waals surface area contributed by atoms with Crippen LogP contribution in [0.5, 0.6) is 0 Å². The summed E-state index contributed by atoms with van der Waals surface area (Å²) >= 11 is 0. The normalized spacial score (nSPS) is 44.7. The molecule has 0 aromatic rings. The van der Waals surface area contributed by atoms with E-state index in [0.717, 1.165) is 5.92 Å². The number of rotatable bonds is 2. The first-order chi connectivity index (χ1) is 4.18. The van der Waals surface area contributed by atoms with Crippen LogP contribution in [-0.4, -0.2) is 11.2 Å². The Morgan fingerprint density at radius 3 is 2.11 bits per heavy atom. The van der Waals surface area contributed by atoms with Gasteiger partial charge in [0.2, 0.25) is 0 Å². The largest absolute Gasteiger partial charge is 0.393 e. The summed E-state index contributed by atoms with van der Waals surface area (Å²) in [5, 5.41) is 9.20. The van der Waals surface area contributed by atoms with Crippen molar-refractivity contribution in [2.45, 2.75) is 33.3 Å². The summed E-state index contributed by atoms with van der Waals surface area (Å²) in [6.45, 7) is 6.53. The predicted octanol–water partition coefficient (Wildman–Crippen LogP) is 1.66. The summed E-state index contributed by atoms with van der Waals surface area (Å²) in [5.74, 6) is 1.89. The van der Waals surface area contributed by atoms with Crippen LogP contribution < -0.4 is 0 Å². The summed E-state index contributed by atoms with van der Waals surface area (Å²) in [5.41, 5.74) is 0. The van der Waals surface area contributed by atoms with E-state index in [1.165, 1.54) is 6.42 Å². The minimum absolute atomic E-state index is 0.0138. The Balaban J connectivity index is 2.31. The van der Waals surface area contributed by atoms with Gasteiger partial charge in [-0.25, -0.2) is 0 Å². The number of hydrogen-bond acceptors (Lipinski definition) is 1. The van der Waals surface area contributed by atoms with Crippen molar-refractivity contribution in [1.82, 2.24) is 0 Å². The molecule has 1 nitrogen and oxygen atoms in total. The fourth-order valence-electron chi connectivity index (χ4n) is 1.60. The molecule has 9 heavy (non-hydrogen) atoms. The Morgan fingerprint density at radius 1 is 1.56 bits per heavy atom. The van der Waals surface area contributed by atoms with Gasteiger partial charge in [-0.3, -0.25) is 0 Å². The highest BCUT2D eigenvalue weighted by Crippen LogP contribution is 2.44. The van der Waals surface area contributed by atoms with Crippen molar-refractivity contribution in [2.24, 2.45) is 17.8 Å². The molecular formula is C8H16O. The maximum absolute atomic E-state index is 9.20. The minimum atomic E-state index is 0.0138. The lowest BCUT2D eigenvalue weighted by Gasteiger charge is -2.04. The van der Waals surface area contributed by atoms with Gasteiger partial charge in [-0.05, 0) is 17.8 Å². The molecule has 1 rings (SSSR count). The molecule has 1 aliphatic rings. The SMILES string of the molecule is CCC(C)C1C(C)C1O. The molecule has 0 radical (unpaired) electrons. The third-order valence-electron chi connectivity index (χ3n) is 2.70. The summed E-state index contributed by atoms with van der Waals surface area (Å²) in [6, 6.07) is 0. The van der Waals surface area contributed by atoms with Crippen LogP contribution in [0.1, 0.15) is 27.2 Å². The molecule has 0 aliphatic heterocycles. The van der Waals surface area contributed by atoms with Crippen LogP contribution in [-0.2, 0) is 0 Å². The molecule has 0 heterocycles. The Kier molecular flexibility index (Phi) is 1.80. The molecule has 4 unspecified atom stereocenters. The highest BCUT2D eigenvalue weighted by Gasteiger charge is 2.47. The molecule has 0 spiro atoms. The maximum Gasteiger partial charge on any atom is 0.0603 e. The van der Waals surface area contributed by atoms with Crippen molar-refractivity contribution in [3.05, 3.63) is 0 Å². The van der Waals surface area contributed by atoms with E-state index in [1.54, 1.807) is 0 Å². The molecule has 0 aromatic carbocycles. The first-order valence-electron chi connectivity index (χ1n) is 3.86. The van der Waals surface area contributed by atoms with Crippen molar-refractivity contribution in [2.75, 3.05) is 0 Å². The van der Waals surface area contributed by atoms with Gasteiger partial charge in [0.1, 0.15) is 0 Å². The van der Waals surface area contributed by atoms with E-state index >= 15 is 0 Å². The van der Waals surface area contributed by atoms with Gasteiger partial charge in [0.25, 0.3) is 0 Å². The molecule has 0 bridgehead atoms. The van der Waals surface area contributed by atoms with Crippen molar-refractivity contribution in [1.29, 1.82) is 0 Å². The van der Waals surface area contributed by atoms with Gasteiger partial charge in [0.15, 0.2) is 0 Å². The van der Waals surface area contributed by atoms with E-state index in [4.69, 9.17) is 0 Å². The number of aliphatic hydroxyl groups excluding tert-OH is 1. The van der Waals surface area contributed by atoms with E-state index in [9.17, 15) is 5.11 Å². The molecule has 1 aliphatic carbocycles. The summed E-state index contributed by atoms with van der Waals surface area (Å²) in [7, 11) is 0. The van der Waals surface area contributed by atoms with Crippen LogP contribution in [0.15, 0.2) is 0 Å². The van der Waals surface area contributed by atoms with Gasteiger partial charge in [-0.1, -0.05) is 27.2 Å². The van der Waals surface area contributed by atoms with Gasteiger partial charge >= 0.3 is 0 Å². The molecule has 4 atom stereocenters. The number of aliphatic hydroxyl groups is 1. The third kappa shape index (κ3) is 1.11. The molecule has 54 valence electrons. The average Bonchev–Trinajstić information content (AvgIpc) is 2.40. The average molecular weight is 128 g/mol. The molecule has 0 saturated heterocycles. The molecule has 0 aromatic heterocycles. The van der Waals surface area contributed by atoms with E-state index in [1.807, 2.05) is 0 Å². The zero-order valence-electron chi connectivity index (χ0n) is 6.46. The lowest BCUT2D eigenvalue weighted by molar-refractivity contribution is 0.235. The fourth-order valence-corrected chi connectivity index (χ4v) is 1.60. The van der Waals surface area contributed by atoms with Crippen molar-refractivity contribution in [3.63, 3.8) is 0 Å². The first kappa shape index (κ1) is 7.07. The maximum atomic E-state index is 9.20. The summed E-state index contributed by atoms with van der Waals surface area (Å²) in [6.07, 6.45) is 1.21. The van der Waals surface area contributed by atoms with Crippen molar-refractivity contribution < 1.29 is 5.11 Å². The quantitative estimate of drug-likeness (QED) is 0.599. The van der Waals surface area contributed by atoms with E-state index < -0.39 is 0 Å². The van der Waals surface area contributed by atoms with Crippen LogP contribution in [0.3, 0.4) is 0 Å². The predicted molar refractivity (Wildman–Crippen MR) is 38.1 cm³/mol. The van der Waals surface area contributed by atoms with Gasteiger partial charge in [-0.15, -0.1) is 0 Å². The zero-order valence-corrected chi connectivity index (χ0v) is 6.46. The monoisotopic (exact) mass is 128 g/mol. The molecule has 1 fully saturated rings. The van der Waals surface area contributed by atoms with Crippen molar-refractivity contribution in [3.8, 4) is 0 Å². The molecule has 1 N–H and O–H groups in total. The highest BCUT2D eigenvalue weighted by molar-refractivity contribution is 4.96. The Labute approximate surface area is 57.1 Å². The van der Waals surface area contributed by atoms with E-state index in [0.29, 0.717) is 11.8 Å². The van der Waals surface area contributed by atoms with Gasteiger partial charge in [0.05, 0.1) is 6.10 Å². The second-order valence-electron chi connectivity index (χ2n) is 3.31. The Bertz CT molecular complexity index is 92.7. The van der Waals surface area contributed by atoms with Gasteiger partial charge < -0.3 is 5.11 Å². The van der Waals surface area contributed by atoms with Crippen LogP contribution in [0, 0.1) is 17.8 Å². The fraction of sp³-hybridized carbons (Fsp3) is 1.00. The van der Waals surface area contributed by atoms with Gasteiger partial charge in [-0.2, -0.15) is 0 Å². The van der Waals surface area contributed by atoms with E-state index in [-0.39, 0.29) is 6.10 Å². The lowest BCUT2D eigenvalue weighted by Crippen LogP contribution is -1.98. The molecule has 1 heteroatoms. The van der Waals surface area contributed by atoms with Crippen LogP contribution >= 0.6 is 0 Å². The zero-order chi connectivity index (χ0) is 7.02. The molecule has 1 saturated carbocycles. The third-order valence-corrected chi connectivity index (χ3v) is 2.70. The van der Waals surface area contributed by atoms with Crippen LogP contribution in [0.2, 0.25) is 0 Å². The molecular weight excluding hydrogens is 112 g/mol. The topological polar surface area (TPSA) is 20.2 Å². The van der Waals surface area contributed by atoms with Gasteiger partial charge in [0, 0.05) is 0 Å². The van der Waals surface area contributed by atoms with Crippen LogP contribution in [0.25, 0.3) is 0 Å². The summed E-state index contributed by atoms with van der Waals surface area (Å²) < 4.78 is 0. The second-order valence-corrected chi connectivity index (χ2v) is 3.31. The Hall–Kier alpha value is -0.0400. The number of hydrogen-bond donors (Lipinski definition) is 1.